The Kier molecular flexibility index (Phi) is 3.96. The summed E-state index contributed by atoms with van der Waals surface area (Å²) in [6.45, 7) is 0. The maximum Gasteiger partial charge on any atom is 0.259 e. The third-order valence-corrected chi connectivity index (χ3v) is 3.39. The number of thiocarbonyl (C=S) groups is 1. The van der Waals surface area contributed by atoms with Crippen molar-refractivity contribution in [3.8, 4) is 0 Å². The first-order valence-corrected chi connectivity index (χ1v) is 6.45. The van der Waals surface area contributed by atoms with E-state index in [0.29, 0.717) is 0 Å². The molecule has 1 unspecified atom stereocenters. The van der Waals surface area contributed by atoms with Gasteiger partial charge in [-0.05, 0) is 23.8 Å². The van der Waals surface area contributed by atoms with Gasteiger partial charge in [-0.3, -0.25) is 9.59 Å². The molecule has 0 radical (unpaired) electrons. The maximum atomic E-state index is 12.0. The standard InChI is InChI=1S/C14H15N3O2S/c1-17(2)9-5-3-8(4-6-9)7-10-12(18)11(15)14(20)16-13(10)19/h3-7,11H,15H2,1-2H3,(H,16,19,20). The summed E-state index contributed by atoms with van der Waals surface area (Å²) in [7, 11) is 3.87. The third kappa shape index (κ3) is 2.76. The van der Waals surface area contributed by atoms with Crippen molar-refractivity contribution in [2.45, 2.75) is 6.04 Å². The highest BCUT2D eigenvalue weighted by Gasteiger charge is 2.33. The largest absolute Gasteiger partial charge is 0.378 e. The molecule has 1 aliphatic rings. The molecule has 20 heavy (non-hydrogen) atoms. The molecular formula is C14H15N3O2S. The van der Waals surface area contributed by atoms with Crippen LogP contribution in [0.25, 0.3) is 6.08 Å². The van der Waals surface area contributed by atoms with Gasteiger partial charge in [0, 0.05) is 19.8 Å². The molecule has 3 N–H and O–H groups in total. The Morgan fingerprint density at radius 1 is 1.25 bits per heavy atom. The number of carbonyl (C=O) groups is 2. The second-order valence-corrected chi connectivity index (χ2v) is 5.14. The molecule has 1 aromatic rings. The molecule has 6 heteroatoms. The minimum Gasteiger partial charge on any atom is -0.378 e. The molecule has 0 aliphatic carbocycles. The lowest BCUT2D eigenvalue weighted by Crippen LogP contribution is -2.54. The van der Waals surface area contributed by atoms with Crippen LogP contribution in [0.4, 0.5) is 5.69 Å². The maximum absolute atomic E-state index is 12.0. The number of nitrogens with one attached hydrogen (secondary N) is 1. The molecule has 1 aromatic carbocycles. The minimum atomic E-state index is -0.949. The molecule has 0 aromatic heterocycles. The molecule has 1 atom stereocenters. The van der Waals surface area contributed by atoms with E-state index in [1.807, 2.05) is 43.3 Å². The monoisotopic (exact) mass is 289 g/mol. The van der Waals surface area contributed by atoms with Gasteiger partial charge < -0.3 is 16.0 Å². The van der Waals surface area contributed by atoms with Crippen LogP contribution < -0.4 is 16.0 Å². The number of rotatable bonds is 2. The Hall–Kier alpha value is -2.05. The molecular weight excluding hydrogens is 274 g/mol. The van der Waals surface area contributed by atoms with E-state index in [4.69, 9.17) is 18.0 Å². The lowest BCUT2D eigenvalue weighted by molar-refractivity contribution is -0.122. The fourth-order valence-electron chi connectivity index (χ4n) is 1.83. The Morgan fingerprint density at radius 2 is 1.85 bits per heavy atom. The van der Waals surface area contributed by atoms with Gasteiger partial charge in [0.05, 0.1) is 5.57 Å². The van der Waals surface area contributed by atoms with Gasteiger partial charge in [0.1, 0.15) is 11.0 Å². The van der Waals surface area contributed by atoms with Crippen molar-refractivity contribution in [3.63, 3.8) is 0 Å². The topological polar surface area (TPSA) is 75.4 Å². The molecule has 104 valence electrons. The number of carbonyl (C=O) groups excluding carboxylic acids is 2. The van der Waals surface area contributed by atoms with Gasteiger partial charge in [0.25, 0.3) is 5.91 Å². The summed E-state index contributed by atoms with van der Waals surface area (Å²) in [6.07, 6.45) is 1.53. The highest BCUT2D eigenvalue weighted by Crippen LogP contribution is 2.17. The molecule has 1 heterocycles. The van der Waals surface area contributed by atoms with Crippen LogP contribution in [0, 0.1) is 0 Å². The summed E-state index contributed by atoms with van der Waals surface area (Å²) in [6, 6.07) is 6.53. The van der Waals surface area contributed by atoms with Crippen LogP contribution in [-0.2, 0) is 9.59 Å². The van der Waals surface area contributed by atoms with Gasteiger partial charge in [-0.15, -0.1) is 0 Å². The van der Waals surface area contributed by atoms with Crippen LogP contribution in [0.2, 0.25) is 0 Å². The van der Waals surface area contributed by atoms with E-state index in [0.717, 1.165) is 11.3 Å². The first-order valence-electron chi connectivity index (χ1n) is 6.04. The third-order valence-electron chi connectivity index (χ3n) is 3.03. The van der Waals surface area contributed by atoms with E-state index in [2.05, 4.69) is 5.32 Å². The lowest BCUT2D eigenvalue weighted by atomic mass is 9.97. The van der Waals surface area contributed by atoms with Crippen LogP contribution >= 0.6 is 12.2 Å². The van der Waals surface area contributed by atoms with Crippen LogP contribution in [0.3, 0.4) is 0 Å². The van der Waals surface area contributed by atoms with Crippen molar-refractivity contribution in [2.24, 2.45) is 5.73 Å². The fraction of sp³-hybridized carbons (Fsp3) is 0.214. The molecule has 1 saturated heterocycles. The number of Topliss-reactive ketones (excluding diaryl/α,β-unsaturated/α-hetero) is 1. The van der Waals surface area contributed by atoms with E-state index in [-0.39, 0.29) is 10.6 Å². The van der Waals surface area contributed by atoms with E-state index < -0.39 is 17.7 Å². The molecule has 0 saturated carbocycles. The quantitative estimate of drug-likeness (QED) is 0.471. The summed E-state index contributed by atoms with van der Waals surface area (Å²) in [5.74, 6) is -0.950. The van der Waals surface area contributed by atoms with Crippen molar-refractivity contribution in [1.29, 1.82) is 0 Å². The van der Waals surface area contributed by atoms with E-state index in [9.17, 15) is 9.59 Å². The smallest absolute Gasteiger partial charge is 0.259 e. The predicted octanol–water partition coefficient (Wildman–Crippen LogP) is 0.490. The van der Waals surface area contributed by atoms with Crippen molar-refractivity contribution in [3.05, 3.63) is 35.4 Å². The van der Waals surface area contributed by atoms with Crippen molar-refractivity contribution >= 4 is 40.7 Å². The molecule has 5 nitrogen and oxygen atoms in total. The lowest BCUT2D eigenvalue weighted by Gasteiger charge is -2.20. The Balaban J connectivity index is 2.31. The van der Waals surface area contributed by atoms with E-state index in [1.54, 1.807) is 0 Å². The fourth-order valence-corrected chi connectivity index (χ4v) is 2.03. The SMILES string of the molecule is CN(C)c1ccc(C=C2C(=O)NC(=S)C(N)C2=O)cc1. The summed E-state index contributed by atoms with van der Waals surface area (Å²) < 4.78 is 0. The summed E-state index contributed by atoms with van der Waals surface area (Å²) >= 11 is 4.84. The number of anilines is 1. The van der Waals surface area contributed by atoms with Crippen molar-refractivity contribution in [1.82, 2.24) is 5.32 Å². The van der Waals surface area contributed by atoms with Crippen LogP contribution in [0.5, 0.6) is 0 Å². The number of nitrogens with two attached hydrogens (primary N) is 1. The van der Waals surface area contributed by atoms with Gasteiger partial charge in [-0.2, -0.15) is 0 Å². The average molecular weight is 289 g/mol. The number of amides is 1. The number of ketones is 1. The summed E-state index contributed by atoms with van der Waals surface area (Å²) in [5.41, 5.74) is 7.46. The number of piperidine rings is 1. The molecule has 2 rings (SSSR count). The van der Waals surface area contributed by atoms with Crippen LogP contribution in [0.1, 0.15) is 5.56 Å². The van der Waals surface area contributed by atoms with Gasteiger partial charge >= 0.3 is 0 Å². The molecule has 0 bridgehead atoms. The van der Waals surface area contributed by atoms with Gasteiger partial charge in [-0.25, -0.2) is 0 Å². The van der Waals surface area contributed by atoms with Crippen molar-refractivity contribution < 1.29 is 9.59 Å². The number of benzene rings is 1. The van der Waals surface area contributed by atoms with Crippen LogP contribution in [0.15, 0.2) is 29.8 Å². The van der Waals surface area contributed by atoms with Crippen molar-refractivity contribution in [2.75, 3.05) is 19.0 Å². The number of hydrogen-bond donors (Lipinski definition) is 2. The summed E-state index contributed by atoms with van der Waals surface area (Å²) in [5, 5.41) is 2.43. The van der Waals surface area contributed by atoms with Gasteiger partial charge in [-0.1, -0.05) is 24.4 Å². The van der Waals surface area contributed by atoms with Gasteiger partial charge in [0.2, 0.25) is 0 Å². The van der Waals surface area contributed by atoms with Crippen LogP contribution in [-0.4, -0.2) is 36.8 Å². The van der Waals surface area contributed by atoms with E-state index in [1.165, 1.54) is 6.08 Å². The molecule has 1 amide bonds. The Morgan fingerprint density at radius 3 is 2.40 bits per heavy atom. The number of nitrogens with zero attached hydrogens (tertiary/aromatic N) is 1. The van der Waals surface area contributed by atoms with E-state index >= 15 is 0 Å². The Labute approximate surface area is 122 Å². The first-order chi connectivity index (χ1) is 9.40. The molecule has 0 spiro atoms. The molecule has 1 fully saturated rings. The zero-order chi connectivity index (χ0) is 14.9. The normalized spacial score (nSPS) is 21.1. The number of hydrogen-bond acceptors (Lipinski definition) is 5. The van der Waals surface area contributed by atoms with Gasteiger partial charge in [0.15, 0.2) is 5.78 Å². The second kappa shape index (κ2) is 5.52. The predicted molar refractivity (Wildman–Crippen MR) is 82.5 cm³/mol. The highest BCUT2D eigenvalue weighted by molar-refractivity contribution is 7.80. The average Bonchev–Trinajstić information content (AvgIpc) is 2.42. The Bertz CT molecular complexity index is 605. The first kappa shape index (κ1) is 14.4. The molecule has 1 aliphatic heterocycles. The zero-order valence-corrected chi connectivity index (χ0v) is 12.0. The highest BCUT2D eigenvalue weighted by atomic mass is 32.1. The minimum absolute atomic E-state index is 0.0312. The summed E-state index contributed by atoms with van der Waals surface area (Å²) in [4.78, 5) is 25.8. The zero-order valence-electron chi connectivity index (χ0n) is 11.2. The second-order valence-electron chi connectivity index (χ2n) is 4.70.